The highest BCUT2D eigenvalue weighted by atomic mass is 16.5. The number of quaternary nitrogens is 1. The molecular weight excluding hydrogens is 230 g/mol. The summed E-state index contributed by atoms with van der Waals surface area (Å²) in [4.78, 5) is 11.2. The van der Waals surface area contributed by atoms with Gasteiger partial charge in [0.05, 0.1) is 26.7 Å². The summed E-state index contributed by atoms with van der Waals surface area (Å²) < 4.78 is 5.87. The largest absolute Gasteiger partial charge is 0.462 e. The molecule has 0 aliphatic rings. The Morgan fingerprint density at radius 3 is 2.50 bits per heavy atom. The van der Waals surface area contributed by atoms with Crippen molar-refractivity contribution in [3.05, 3.63) is 12.2 Å². The lowest BCUT2D eigenvalue weighted by Gasteiger charge is -2.35. The van der Waals surface area contributed by atoms with E-state index >= 15 is 0 Å². The van der Waals surface area contributed by atoms with Crippen LogP contribution in [0.5, 0.6) is 0 Å². The maximum absolute atomic E-state index is 11.2. The number of hydrogen-bond donors (Lipinski definition) is 1. The van der Waals surface area contributed by atoms with Gasteiger partial charge in [-0.05, 0) is 20.3 Å². The lowest BCUT2D eigenvalue weighted by Crippen LogP contribution is -2.49. The summed E-state index contributed by atoms with van der Waals surface area (Å²) in [5, 5.41) is 9.73. The maximum atomic E-state index is 11.2. The van der Waals surface area contributed by atoms with Crippen molar-refractivity contribution in [2.24, 2.45) is 0 Å². The van der Waals surface area contributed by atoms with Crippen LogP contribution < -0.4 is 0 Å². The Bertz CT molecular complexity index is 278. The van der Waals surface area contributed by atoms with Gasteiger partial charge in [0, 0.05) is 12.0 Å². The average Bonchev–Trinajstić information content (AvgIpc) is 2.34. The van der Waals surface area contributed by atoms with Gasteiger partial charge in [-0.2, -0.15) is 0 Å². The van der Waals surface area contributed by atoms with Crippen LogP contribution in [0.4, 0.5) is 0 Å². The summed E-state index contributed by atoms with van der Waals surface area (Å²) in [6, 6.07) is 0. The summed E-state index contributed by atoms with van der Waals surface area (Å²) in [5.74, 6) is -0.325. The SMILES string of the molecule is C=C(C)C(=O)OCCC[N+](C)(CC)CC(O)CC. The summed E-state index contributed by atoms with van der Waals surface area (Å²) >= 11 is 0. The minimum absolute atomic E-state index is 0.257. The Morgan fingerprint density at radius 2 is 2.06 bits per heavy atom. The molecule has 0 aromatic carbocycles. The number of hydrogen-bond acceptors (Lipinski definition) is 3. The molecule has 0 bridgehead atoms. The molecule has 0 rings (SSSR count). The zero-order valence-corrected chi connectivity index (χ0v) is 12.2. The van der Waals surface area contributed by atoms with Crippen molar-refractivity contribution < 1.29 is 19.1 Å². The standard InChI is InChI=1S/C14H28NO3/c1-6-13(16)11-15(5,7-2)9-8-10-18-14(17)12(3)4/h13,16H,3,6-11H2,1-2,4-5H3/q+1. The predicted molar refractivity (Wildman–Crippen MR) is 73.1 cm³/mol. The van der Waals surface area contributed by atoms with Crippen molar-refractivity contribution in [2.45, 2.75) is 39.7 Å². The van der Waals surface area contributed by atoms with Gasteiger partial charge in [-0.1, -0.05) is 13.5 Å². The van der Waals surface area contributed by atoms with Crippen molar-refractivity contribution >= 4 is 5.97 Å². The first-order valence-electron chi connectivity index (χ1n) is 6.69. The van der Waals surface area contributed by atoms with Crippen LogP contribution in [0.3, 0.4) is 0 Å². The molecule has 0 saturated heterocycles. The van der Waals surface area contributed by atoms with Gasteiger partial charge in [-0.15, -0.1) is 0 Å². The Labute approximate surface area is 111 Å². The van der Waals surface area contributed by atoms with Gasteiger partial charge in [0.1, 0.15) is 12.6 Å². The van der Waals surface area contributed by atoms with Crippen LogP contribution >= 0.6 is 0 Å². The van der Waals surface area contributed by atoms with Gasteiger partial charge in [-0.3, -0.25) is 0 Å². The topological polar surface area (TPSA) is 46.5 Å². The van der Waals surface area contributed by atoms with Gasteiger partial charge in [-0.25, -0.2) is 4.79 Å². The predicted octanol–water partition coefficient (Wildman–Crippen LogP) is 1.73. The van der Waals surface area contributed by atoms with Crippen molar-refractivity contribution in [3.63, 3.8) is 0 Å². The molecule has 1 N–H and O–H groups in total. The normalized spacial score (nSPS) is 15.8. The molecular formula is C14H28NO3+. The smallest absolute Gasteiger partial charge is 0.333 e. The van der Waals surface area contributed by atoms with Gasteiger partial charge >= 0.3 is 5.97 Å². The zero-order valence-electron chi connectivity index (χ0n) is 12.2. The van der Waals surface area contributed by atoms with E-state index in [0.717, 1.165) is 37.0 Å². The number of nitrogens with zero attached hydrogens (tertiary/aromatic N) is 1. The number of carbonyl (C=O) groups is 1. The van der Waals surface area contributed by atoms with E-state index in [4.69, 9.17) is 4.74 Å². The van der Waals surface area contributed by atoms with Crippen LogP contribution in [0.2, 0.25) is 0 Å². The van der Waals surface area contributed by atoms with E-state index in [0.29, 0.717) is 12.2 Å². The highest BCUT2D eigenvalue weighted by molar-refractivity contribution is 5.86. The van der Waals surface area contributed by atoms with Crippen LogP contribution in [-0.4, -0.2) is 55.0 Å². The van der Waals surface area contributed by atoms with Crippen molar-refractivity contribution in [1.82, 2.24) is 0 Å². The minimum Gasteiger partial charge on any atom is -0.462 e. The average molecular weight is 258 g/mol. The second kappa shape index (κ2) is 8.27. The fourth-order valence-electron chi connectivity index (χ4n) is 1.75. The second-order valence-corrected chi connectivity index (χ2v) is 5.17. The zero-order chi connectivity index (χ0) is 14.2. The summed E-state index contributed by atoms with van der Waals surface area (Å²) in [6.07, 6.45) is 1.33. The van der Waals surface area contributed by atoms with Crippen molar-refractivity contribution in [1.29, 1.82) is 0 Å². The number of esters is 1. The van der Waals surface area contributed by atoms with Crippen LogP contribution in [0.25, 0.3) is 0 Å². The summed E-state index contributed by atoms with van der Waals surface area (Å²) in [7, 11) is 2.12. The number of rotatable bonds is 9. The van der Waals surface area contributed by atoms with E-state index in [2.05, 4.69) is 20.6 Å². The van der Waals surface area contributed by atoms with E-state index in [-0.39, 0.29) is 12.1 Å². The molecule has 2 unspecified atom stereocenters. The van der Waals surface area contributed by atoms with Gasteiger partial charge in [0.2, 0.25) is 0 Å². The Balaban J connectivity index is 4.00. The monoisotopic (exact) mass is 258 g/mol. The summed E-state index contributed by atoms with van der Waals surface area (Å²) in [6.45, 7) is 12.3. The first-order chi connectivity index (χ1) is 8.34. The molecule has 4 heteroatoms. The Morgan fingerprint density at radius 1 is 1.44 bits per heavy atom. The molecule has 106 valence electrons. The second-order valence-electron chi connectivity index (χ2n) is 5.17. The Kier molecular flexibility index (Phi) is 7.87. The molecule has 0 aromatic heterocycles. The van der Waals surface area contributed by atoms with E-state index in [9.17, 15) is 9.90 Å². The van der Waals surface area contributed by atoms with Crippen molar-refractivity contribution in [3.8, 4) is 0 Å². The van der Waals surface area contributed by atoms with Crippen LogP contribution in [0.15, 0.2) is 12.2 Å². The van der Waals surface area contributed by atoms with Gasteiger partial charge < -0.3 is 14.3 Å². The lowest BCUT2D eigenvalue weighted by molar-refractivity contribution is -0.911. The number of likely N-dealkylation sites (N-methyl/N-ethyl adjacent to an activating group) is 1. The molecule has 0 amide bonds. The Hall–Kier alpha value is -0.870. The van der Waals surface area contributed by atoms with Crippen LogP contribution in [0, 0.1) is 0 Å². The van der Waals surface area contributed by atoms with Crippen molar-refractivity contribution in [2.75, 3.05) is 33.3 Å². The van der Waals surface area contributed by atoms with E-state index in [1.54, 1.807) is 6.92 Å². The molecule has 0 aliphatic heterocycles. The van der Waals surface area contributed by atoms with Gasteiger partial charge in [0.15, 0.2) is 0 Å². The molecule has 0 fully saturated rings. The van der Waals surface area contributed by atoms with Crippen LogP contribution in [0.1, 0.15) is 33.6 Å². The van der Waals surface area contributed by atoms with E-state index in [1.165, 1.54) is 0 Å². The third-order valence-electron chi connectivity index (χ3n) is 3.31. The molecule has 0 radical (unpaired) electrons. The molecule has 0 saturated carbocycles. The van der Waals surface area contributed by atoms with Gasteiger partial charge in [0.25, 0.3) is 0 Å². The molecule has 2 atom stereocenters. The fraction of sp³-hybridized carbons (Fsp3) is 0.786. The third kappa shape index (κ3) is 6.77. The highest BCUT2D eigenvalue weighted by Crippen LogP contribution is 2.08. The lowest BCUT2D eigenvalue weighted by atomic mass is 10.2. The quantitative estimate of drug-likeness (QED) is 0.296. The molecule has 0 aliphatic carbocycles. The maximum Gasteiger partial charge on any atom is 0.333 e. The number of aliphatic hydroxyl groups excluding tert-OH is 1. The van der Waals surface area contributed by atoms with E-state index in [1.807, 2.05) is 6.92 Å². The van der Waals surface area contributed by atoms with Crippen LogP contribution in [-0.2, 0) is 9.53 Å². The first-order valence-corrected chi connectivity index (χ1v) is 6.69. The molecule has 0 spiro atoms. The first kappa shape index (κ1) is 17.1. The molecule has 0 aromatic rings. The number of aliphatic hydroxyl groups is 1. The number of carbonyl (C=O) groups excluding carboxylic acids is 1. The number of ether oxygens (including phenoxy) is 1. The molecule has 4 nitrogen and oxygen atoms in total. The third-order valence-corrected chi connectivity index (χ3v) is 3.31. The fourth-order valence-corrected chi connectivity index (χ4v) is 1.75. The molecule has 0 heterocycles. The highest BCUT2D eigenvalue weighted by Gasteiger charge is 2.22. The molecule has 18 heavy (non-hydrogen) atoms. The minimum atomic E-state index is -0.325. The van der Waals surface area contributed by atoms with E-state index < -0.39 is 0 Å². The summed E-state index contributed by atoms with van der Waals surface area (Å²) in [5.41, 5.74) is 0.434.